The number of amides is 1. The summed E-state index contributed by atoms with van der Waals surface area (Å²) in [6, 6.07) is 13.5. The third-order valence-corrected chi connectivity index (χ3v) is 5.56. The smallest absolute Gasteiger partial charge is 0.337 e. The number of carboxylic acids is 2. The summed E-state index contributed by atoms with van der Waals surface area (Å²) in [6.07, 6.45) is 0. The number of rotatable bonds is 14. The Labute approximate surface area is 222 Å². The van der Waals surface area contributed by atoms with Gasteiger partial charge >= 0.3 is 11.9 Å². The van der Waals surface area contributed by atoms with Crippen molar-refractivity contribution in [3.05, 3.63) is 76.0 Å². The van der Waals surface area contributed by atoms with E-state index in [1.54, 1.807) is 42.5 Å². The molecule has 37 heavy (non-hydrogen) atoms. The molecule has 0 spiro atoms. The summed E-state index contributed by atoms with van der Waals surface area (Å²) in [5.74, 6) is -1.83. The van der Waals surface area contributed by atoms with Gasteiger partial charge in [0.25, 0.3) is 0 Å². The summed E-state index contributed by atoms with van der Waals surface area (Å²) >= 11 is 12.3. The van der Waals surface area contributed by atoms with Crippen LogP contribution in [0.3, 0.4) is 0 Å². The number of halogens is 2. The molecule has 0 fully saturated rings. The van der Waals surface area contributed by atoms with Crippen LogP contribution in [0.1, 0.15) is 16.1 Å². The zero-order valence-electron chi connectivity index (χ0n) is 19.4. The van der Waals surface area contributed by atoms with E-state index in [2.05, 4.69) is 10.6 Å². The van der Waals surface area contributed by atoms with Crippen molar-refractivity contribution < 1.29 is 38.5 Å². The Morgan fingerprint density at radius 1 is 0.973 bits per heavy atom. The number of carboxylic acid groups (broad SMARTS) is 2. The SMILES string of the molecule is O=C(O)COCCOCC(NCc1ccc(-c2cc(Cl)ccc2Cl)o1)C(=O)Nc1ccccc1C(=O)O. The van der Waals surface area contributed by atoms with Gasteiger partial charge in [-0.3, -0.25) is 10.1 Å². The number of carbonyl (C=O) groups is 3. The topological polar surface area (TPSA) is 147 Å². The van der Waals surface area contributed by atoms with Crippen LogP contribution in [0.5, 0.6) is 0 Å². The average Bonchev–Trinajstić information content (AvgIpc) is 3.33. The molecule has 1 aromatic heterocycles. The van der Waals surface area contributed by atoms with Gasteiger partial charge in [-0.05, 0) is 42.5 Å². The number of para-hydroxylation sites is 1. The van der Waals surface area contributed by atoms with E-state index in [0.29, 0.717) is 27.1 Å². The van der Waals surface area contributed by atoms with Crippen LogP contribution in [-0.4, -0.2) is 60.5 Å². The Balaban J connectivity index is 1.67. The van der Waals surface area contributed by atoms with Gasteiger partial charge < -0.3 is 29.4 Å². The normalized spacial score (nSPS) is 11.7. The quantitative estimate of drug-likeness (QED) is 0.217. The molecule has 0 aliphatic rings. The van der Waals surface area contributed by atoms with Crippen LogP contribution in [0.25, 0.3) is 11.3 Å². The molecule has 4 N–H and O–H groups in total. The zero-order valence-corrected chi connectivity index (χ0v) is 20.9. The molecule has 1 unspecified atom stereocenters. The van der Waals surface area contributed by atoms with Crippen molar-refractivity contribution in [3.63, 3.8) is 0 Å². The number of furan rings is 1. The Morgan fingerprint density at radius 3 is 2.49 bits per heavy atom. The van der Waals surface area contributed by atoms with E-state index in [0.717, 1.165) is 0 Å². The predicted octanol–water partition coefficient (Wildman–Crippen LogP) is 4.17. The second-order valence-corrected chi connectivity index (χ2v) is 8.53. The van der Waals surface area contributed by atoms with Gasteiger partial charge in [0, 0.05) is 10.6 Å². The highest BCUT2D eigenvalue weighted by Crippen LogP contribution is 2.31. The van der Waals surface area contributed by atoms with Crippen LogP contribution in [-0.2, 0) is 25.6 Å². The molecule has 2 aromatic carbocycles. The van der Waals surface area contributed by atoms with E-state index in [-0.39, 0.29) is 37.6 Å². The van der Waals surface area contributed by atoms with Crippen molar-refractivity contribution in [2.45, 2.75) is 12.6 Å². The first-order valence-corrected chi connectivity index (χ1v) is 11.8. The van der Waals surface area contributed by atoms with Crippen LogP contribution in [0, 0.1) is 0 Å². The standard InChI is InChI=1S/C25H24Cl2N2O8/c26-15-5-7-19(27)18(11-15)22-8-6-16(37-22)12-28-21(13-35-9-10-36-14-23(30)31)24(32)29-20-4-2-1-3-17(20)25(33)34/h1-8,11,21,28H,9-10,12-14H2,(H,29,32)(H,30,31)(H,33,34). The fourth-order valence-electron chi connectivity index (χ4n) is 3.23. The average molecular weight is 551 g/mol. The van der Waals surface area contributed by atoms with Crippen molar-refractivity contribution >= 4 is 46.7 Å². The van der Waals surface area contributed by atoms with Crippen molar-refractivity contribution in [2.75, 3.05) is 31.7 Å². The molecule has 1 atom stereocenters. The second-order valence-electron chi connectivity index (χ2n) is 7.68. The molecule has 3 aromatic rings. The van der Waals surface area contributed by atoms with Crippen LogP contribution in [0.2, 0.25) is 10.0 Å². The third-order valence-electron chi connectivity index (χ3n) is 4.99. The van der Waals surface area contributed by atoms with Gasteiger partial charge in [-0.25, -0.2) is 9.59 Å². The highest BCUT2D eigenvalue weighted by atomic mass is 35.5. The van der Waals surface area contributed by atoms with Crippen molar-refractivity contribution in [1.29, 1.82) is 0 Å². The van der Waals surface area contributed by atoms with Crippen LogP contribution >= 0.6 is 23.2 Å². The van der Waals surface area contributed by atoms with E-state index in [9.17, 15) is 19.5 Å². The molecule has 1 heterocycles. The minimum absolute atomic E-state index is 0.0183. The largest absolute Gasteiger partial charge is 0.480 e. The Kier molecular flexibility index (Phi) is 10.5. The second kappa shape index (κ2) is 13.8. The fourth-order valence-corrected chi connectivity index (χ4v) is 3.61. The maximum absolute atomic E-state index is 13.0. The number of ether oxygens (including phenoxy) is 2. The van der Waals surface area contributed by atoms with Crippen LogP contribution in [0.15, 0.2) is 59.0 Å². The predicted molar refractivity (Wildman–Crippen MR) is 136 cm³/mol. The number of nitrogens with one attached hydrogen (secondary N) is 2. The van der Waals surface area contributed by atoms with Gasteiger partial charge in [0.1, 0.15) is 24.2 Å². The molecule has 12 heteroatoms. The number of aliphatic carboxylic acids is 1. The minimum atomic E-state index is -1.19. The number of aromatic carboxylic acids is 1. The van der Waals surface area contributed by atoms with Gasteiger partial charge in [0.15, 0.2) is 0 Å². The number of hydrogen-bond acceptors (Lipinski definition) is 7. The lowest BCUT2D eigenvalue weighted by molar-refractivity contribution is -0.142. The first kappa shape index (κ1) is 28.2. The van der Waals surface area contributed by atoms with Gasteiger partial charge in [0.05, 0.1) is 42.6 Å². The lowest BCUT2D eigenvalue weighted by Gasteiger charge is -2.19. The first-order chi connectivity index (χ1) is 17.7. The molecule has 10 nitrogen and oxygen atoms in total. The van der Waals surface area contributed by atoms with Crippen LogP contribution in [0.4, 0.5) is 5.69 Å². The van der Waals surface area contributed by atoms with Crippen molar-refractivity contribution in [3.8, 4) is 11.3 Å². The summed E-state index contributed by atoms with van der Waals surface area (Å²) < 4.78 is 16.3. The number of hydrogen-bond donors (Lipinski definition) is 4. The third kappa shape index (κ3) is 8.59. The van der Waals surface area contributed by atoms with E-state index in [1.165, 1.54) is 12.1 Å². The summed E-state index contributed by atoms with van der Waals surface area (Å²) in [7, 11) is 0. The number of carbonyl (C=O) groups excluding carboxylic acids is 1. The molecule has 0 saturated heterocycles. The molecule has 0 aliphatic heterocycles. The summed E-state index contributed by atoms with van der Waals surface area (Å²) in [6.45, 7) is -0.372. The first-order valence-electron chi connectivity index (χ1n) is 11.0. The number of anilines is 1. The lowest BCUT2D eigenvalue weighted by atomic mass is 10.1. The maximum atomic E-state index is 13.0. The molecule has 0 bridgehead atoms. The molecule has 3 rings (SSSR count). The highest BCUT2D eigenvalue weighted by molar-refractivity contribution is 6.35. The van der Waals surface area contributed by atoms with E-state index < -0.39 is 30.5 Å². The molecular weight excluding hydrogens is 527 g/mol. The lowest BCUT2D eigenvalue weighted by Crippen LogP contribution is -2.44. The van der Waals surface area contributed by atoms with Gasteiger partial charge in [-0.2, -0.15) is 0 Å². The summed E-state index contributed by atoms with van der Waals surface area (Å²) in [4.78, 5) is 35.0. The fraction of sp³-hybridized carbons (Fsp3) is 0.240. The summed E-state index contributed by atoms with van der Waals surface area (Å²) in [5.41, 5.74) is 0.684. The van der Waals surface area contributed by atoms with Gasteiger partial charge in [-0.1, -0.05) is 35.3 Å². The minimum Gasteiger partial charge on any atom is -0.480 e. The highest BCUT2D eigenvalue weighted by Gasteiger charge is 2.21. The molecule has 0 saturated carbocycles. The van der Waals surface area contributed by atoms with Gasteiger partial charge in [0.2, 0.25) is 5.91 Å². The van der Waals surface area contributed by atoms with E-state index in [4.69, 9.17) is 42.2 Å². The Bertz CT molecular complexity index is 1250. The van der Waals surface area contributed by atoms with Crippen molar-refractivity contribution in [1.82, 2.24) is 5.32 Å². The molecular formula is C25H24Cl2N2O8. The van der Waals surface area contributed by atoms with E-state index >= 15 is 0 Å². The number of benzene rings is 2. The molecule has 0 radical (unpaired) electrons. The van der Waals surface area contributed by atoms with Gasteiger partial charge in [-0.15, -0.1) is 0 Å². The summed E-state index contributed by atoms with van der Waals surface area (Å²) in [5, 5.41) is 24.6. The van der Waals surface area contributed by atoms with Crippen LogP contribution < -0.4 is 10.6 Å². The van der Waals surface area contributed by atoms with E-state index in [1.807, 2.05) is 0 Å². The van der Waals surface area contributed by atoms with Crippen molar-refractivity contribution in [2.24, 2.45) is 0 Å². The zero-order chi connectivity index (χ0) is 26.8. The molecule has 0 aliphatic carbocycles. The molecule has 1 amide bonds. The Hall–Kier alpha value is -3.41. The maximum Gasteiger partial charge on any atom is 0.337 e. The molecule has 196 valence electrons. The monoisotopic (exact) mass is 550 g/mol. The Morgan fingerprint density at radius 2 is 1.73 bits per heavy atom.